The molecule has 33 heavy (non-hydrogen) atoms. The molecule has 0 bridgehead atoms. The maximum atomic E-state index is 13.1. The molecular formula is C25H21NO6S. The van der Waals surface area contributed by atoms with Gasteiger partial charge in [-0.1, -0.05) is 48.0 Å². The molecule has 7 nitrogen and oxygen atoms in total. The summed E-state index contributed by atoms with van der Waals surface area (Å²) in [4.78, 5) is 24.8. The first-order valence-electron chi connectivity index (χ1n) is 10.1. The van der Waals surface area contributed by atoms with Crippen LogP contribution in [0.3, 0.4) is 0 Å². The molecular weight excluding hydrogens is 442 g/mol. The molecule has 0 saturated carbocycles. The molecule has 0 aliphatic rings. The Bertz CT molecular complexity index is 1480. The topological polar surface area (TPSA) is 103 Å². The fourth-order valence-electron chi connectivity index (χ4n) is 3.38. The van der Waals surface area contributed by atoms with Gasteiger partial charge in [-0.05, 0) is 49.2 Å². The number of hydrogen-bond donors (Lipinski definition) is 1. The number of aryl methyl sites for hydroxylation is 2. The van der Waals surface area contributed by atoms with Crippen molar-refractivity contribution in [1.82, 2.24) is 4.72 Å². The summed E-state index contributed by atoms with van der Waals surface area (Å²) in [6.45, 7) is 3.62. The van der Waals surface area contributed by atoms with Crippen molar-refractivity contribution in [3.63, 3.8) is 0 Å². The summed E-state index contributed by atoms with van der Waals surface area (Å²) >= 11 is 0. The van der Waals surface area contributed by atoms with Crippen LogP contribution in [-0.2, 0) is 14.8 Å². The quantitative estimate of drug-likeness (QED) is 0.263. The fourth-order valence-corrected chi connectivity index (χ4v) is 4.56. The lowest BCUT2D eigenvalue weighted by Crippen LogP contribution is -2.36. The second-order valence-electron chi connectivity index (χ2n) is 7.61. The van der Waals surface area contributed by atoms with Gasteiger partial charge in [0.15, 0.2) is 0 Å². The molecule has 0 fully saturated rings. The summed E-state index contributed by atoms with van der Waals surface area (Å²) in [7, 11) is -4.02. The molecule has 168 valence electrons. The van der Waals surface area contributed by atoms with Gasteiger partial charge in [-0.3, -0.25) is 0 Å². The number of carbonyl (C=O) groups excluding carboxylic acids is 1. The molecule has 0 aliphatic carbocycles. The highest BCUT2D eigenvalue weighted by Gasteiger charge is 2.29. The van der Waals surface area contributed by atoms with Crippen molar-refractivity contribution in [2.24, 2.45) is 0 Å². The van der Waals surface area contributed by atoms with Gasteiger partial charge in [-0.25, -0.2) is 18.0 Å². The summed E-state index contributed by atoms with van der Waals surface area (Å²) in [5.74, 6) is -0.706. The van der Waals surface area contributed by atoms with E-state index in [1.54, 1.807) is 61.5 Å². The van der Waals surface area contributed by atoms with Crippen molar-refractivity contribution in [3.05, 3.63) is 106 Å². The van der Waals surface area contributed by atoms with Gasteiger partial charge in [0.05, 0.1) is 4.90 Å². The number of carbonyl (C=O) groups is 1. The molecule has 1 N–H and O–H groups in total. The first-order valence-corrected chi connectivity index (χ1v) is 11.6. The molecule has 3 aromatic carbocycles. The maximum Gasteiger partial charge on any atom is 0.336 e. The third-order valence-electron chi connectivity index (χ3n) is 5.11. The van der Waals surface area contributed by atoms with Gasteiger partial charge in [0.25, 0.3) is 0 Å². The van der Waals surface area contributed by atoms with Crippen molar-refractivity contribution >= 4 is 27.0 Å². The lowest BCUT2D eigenvalue weighted by atomic mass is 10.1. The second-order valence-corrected chi connectivity index (χ2v) is 9.32. The van der Waals surface area contributed by atoms with E-state index in [0.29, 0.717) is 10.9 Å². The number of esters is 1. The molecule has 0 unspecified atom stereocenters. The Balaban J connectivity index is 1.66. The van der Waals surface area contributed by atoms with Crippen LogP contribution in [0.2, 0.25) is 0 Å². The number of benzene rings is 3. The van der Waals surface area contributed by atoms with Gasteiger partial charge in [0, 0.05) is 17.5 Å². The van der Waals surface area contributed by atoms with Crippen molar-refractivity contribution in [2.45, 2.75) is 24.8 Å². The van der Waals surface area contributed by atoms with E-state index in [1.165, 1.54) is 24.3 Å². The van der Waals surface area contributed by atoms with Crippen LogP contribution < -0.4 is 15.1 Å². The Labute approximate surface area is 190 Å². The Morgan fingerprint density at radius 1 is 0.939 bits per heavy atom. The number of nitrogens with one attached hydrogen (secondary N) is 1. The summed E-state index contributed by atoms with van der Waals surface area (Å²) in [5, 5.41) is 0.703. The molecule has 8 heteroatoms. The normalized spacial score (nSPS) is 12.4. The highest BCUT2D eigenvalue weighted by atomic mass is 32.2. The van der Waals surface area contributed by atoms with Crippen LogP contribution in [0, 0.1) is 13.8 Å². The van der Waals surface area contributed by atoms with E-state index >= 15 is 0 Å². The largest absolute Gasteiger partial charge is 0.425 e. The first-order chi connectivity index (χ1) is 15.7. The fraction of sp³-hybridized carbons (Fsp3) is 0.120. The number of rotatable bonds is 6. The van der Waals surface area contributed by atoms with Crippen molar-refractivity contribution < 1.29 is 22.4 Å². The Kier molecular flexibility index (Phi) is 6.13. The standard InChI is InChI=1S/C25H21NO6S/c1-16-8-11-20(12-9-16)33(29,30)26-24(18-6-4-3-5-7-18)25(28)31-19-10-13-21-17(2)14-23(27)32-22(21)15-19/h3-15,24,26H,1-2H3/t24-/m0/s1. The maximum absolute atomic E-state index is 13.1. The van der Waals surface area contributed by atoms with E-state index < -0.39 is 27.7 Å². The van der Waals surface area contributed by atoms with Gasteiger partial charge in [-0.2, -0.15) is 4.72 Å². The zero-order chi connectivity index (χ0) is 23.6. The van der Waals surface area contributed by atoms with Crippen LogP contribution in [-0.4, -0.2) is 14.4 Å². The van der Waals surface area contributed by atoms with Crippen LogP contribution in [0.5, 0.6) is 5.75 Å². The van der Waals surface area contributed by atoms with E-state index in [0.717, 1.165) is 11.1 Å². The summed E-state index contributed by atoms with van der Waals surface area (Å²) in [6, 6.07) is 19.4. The lowest BCUT2D eigenvalue weighted by molar-refractivity contribution is -0.136. The third-order valence-corrected chi connectivity index (χ3v) is 6.55. The van der Waals surface area contributed by atoms with Crippen LogP contribution in [0.4, 0.5) is 0 Å². The zero-order valence-corrected chi connectivity index (χ0v) is 18.8. The minimum Gasteiger partial charge on any atom is -0.425 e. The molecule has 0 aliphatic heterocycles. The lowest BCUT2D eigenvalue weighted by Gasteiger charge is -2.18. The Morgan fingerprint density at radius 2 is 1.64 bits per heavy atom. The van der Waals surface area contributed by atoms with Gasteiger partial charge in [0.2, 0.25) is 10.0 Å². The Hall–Kier alpha value is -3.75. The van der Waals surface area contributed by atoms with Gasteiger partial charge < -0.3 is 9.15 Å². The van der Waals surface area contributed by atoms with E-state index in [-0.39, 0.29) is 16.2 Å². The van der Waals surface area contributed by atoms with E-state index in [4.69, 9.17) is 9.15 Å². The summed E-state index contributed by atoms with van der Waals surface area (Å²) in [6.07, 6.45) is 0. The van der Waals surface area contributed by atoms with Crippen molar-refractivity contribution in [3.8, 4) is 5.75 Å². The Morgan fingerprint density at radius 3 is 2.33 bits per heavy atom. The molecule has 1 atom stereocenters. The molecule has 1 heterocycles. The highest BCUT2D eigenvalue weighted by molar-refractivity contribution is 7.89. The smallest absolute Gasteiger partial charge is 0.336 e. The molecule has 1 aromatic heterocycles. The van der Waals surface area contributed by atoms with Crippen LogP contribution in [0.1, 0.15) is 22.7 Å². The average molecular weight is 464 g/mol. The highest BCUT2D eigenvalue weighted by Crippen LogP contribution is 2.25. The number of fused-ring (bicyclic) bond motifs is 1. The third kappa shape index (κ3) is 5.02. The SMILES string of the molecule is Cc1ccc(S(=O)(=O)N[C@H](C(=O)Oc2ccc3c(C)cc(=O)oc3c2)c2ccccc2)cc1. The first kappa shape index (κ1) is 22.4. The molecule has 4 rings (SSSR count). The predicted molar refractivity (Wildman–Crippen MR) is 124 cm³/mol. The summed E-state index contributed by atoms with van der Waals surface area (Å²) < 4.78 is 39.1. The molecule has 0 spiro atoms. The molecule has 0 amide bonds. The van der Waals surface area contributed by atoms with Crippen molar-refractivity contribution in [2.75, 3.05) is 0 Å². The van der Waals surface area contributed by atoms with Crippen LogP contribution in [0.15, 0.2) is 93.0 Å². The molecule has 0 radical (unpaired) electrons. The van der Waals surface area contributed by atoms with E-state index in [9.17, 15) is 18.0 Å². The van der Waals surface area contributed by atoms with Crippen LogP contribution in [0.25, 0.3) is 11.0 Å². The minimum atomic E-state index is -4.02. The van der Waals surface area contributed by atoms with Gasteiger partial charge in [0.1, 0.15) is 17.4 Å². The van der Waals surface area contributed by atoms with Gasteiger partial charge in [-0.15, -0.1) is 0 Å². The van der Waals surface area contributed by atoms with E-state index in [2.05, 4.69) is 4.72 Å². The number of sulfonamides is 1. The number of ether oxygens (including phenoxy) is 1. The van der Waals surface area contributed by atoms with Gasteiger partial charge >= 0.3 is 11.6 Å². The minimum absolute atomic E-state index is 0.0322. The number of hydrogen-bond acceptors (Lipinski definition) is 6. The van der Waals surface area contributed by atoms with Crippen LogP contribution >= 0.6 is 0 Å². The van der Waals surface area contributed by atoms with E-state index in [1.807, 2.05) is 6.92 Å². The molecule has 0 saturated heterocycles. The predicted octanol–water partition coefficient (Wildman–Crippen LogP) is 4.04. The van der Waals surface area contributed by atoms with Crippen molar-refractivity contribution in [1.29, 1.82) is 0 Å². The monoisotopic (exact) mass is 463 g/mol. The average Bonchev–Trinajstić information content (AvgIpc) is 2.78. The second kappa shape index (κ2) is 9.01. The summed E-state index contributed by atoms with van der Waals surface area (Å²) in [5.41, 5.74) is 1.80. The molecule has 4 aromatic rings. The zero-order valence-electron chi connectivity index (χ0n) is 17.9.